The van der Waals surface area contributed by atoms with Crippen molar-refractivity contribution in [2.24, 2.45) is 0 Å². The van der Waals surface area contributed by atoms with Crippen LogP contribution in [0.15, 0.2) is 53.0 Å². The molecule has 20 heavy (non-hydrogen) atoms. The molecule has 1 aromatic heterocycles. The van der Waals surface area contributed by atoms with Crippen molar-refractivity contribution < 1.29 is 4.84 Å². The fraction of sp³-hybridized carbons (Fsp3) is 0.188. The van der Waals surface area contributed by atoms with Crippen LogP contribution in [0.3, 0.4) is 0 Å². The maximum Gasteiger partial charge on any atom is 0.143 e. The molecular weight excluding hydrogens is 316 g/mol. The summed E-state index contributed by atoms with van der Waals surface area (Å²) in [6.45, 7) is 2.59. The number of hydrogen-bond donors (Lipinski definition) is 0. The molecule has 1 heterocycles. The monoisotopic (exact) mass is 330 g/mol. The van der Waals surface area contributed by atoms with Gasteiger partial charge in [0.1, 0.15) is 17.9 Å². The Hall–Kier alpha value is -1.81. The Kier molecular flexibility index (Phi) is 3.74. The Labute approximate surface area is 126 Å². The first-order chi connectivity index (χ1) is 9.74. The van der Waals surface area contributed by atoms with Gasteiger partial charge in [0.2, 0.25) is 0 Å². The molecule has 0 fully saturated rings. The Morgan fingerprint density at radius 2 is 1.85 bits per heavy atom. The SMILES string of the molecule is Cc1nc2ccccc2n1OCCc1ccc(Br)cc1. The van der Waals surface area contributed by atoms with Gasteiger partial charge in [-0.25, -0.2) is 4.98 Å². The van der Waals surface area contributed by atoms with E-state index in [1.54, 1.807) is 0 Å². The number of fused-ring (bicyclic) bond motifs is 1. The van der Waals surface area contributed by atoms with Crippen LogP contribution in [0.1, 0.15) is 11.4 Å². The molecule has 0 saturated carbocycles. The van der Waals surface area contributed by atoms with Crippen LogP contribution < -0.4 is 4.84 Å². The van der Waals surface area contributed by atoms with Crippen molar-refractivity contribution in [1.29, 1.82) is 0 Å². The highest BCUT2D eigenvalue weighted by atomic mass is 79.9. The molecular formula is C16H15BrN2O. The standard InChI is InChI=1S/C16H15BrN2O/c1-12-18-15-4-2-3-5-16(15)19(12)20-11-10-13-6-8-14(17)9-7-13/h2-9H,10-11H2,1H3. The molecule has 0 spiro atoms. The van der Waals surface area contributed by atoms with E-state index in [4.69, 9.17) is 4.84 Å². The number of halogens is 1. The van der Waals surface area contributed by atoms with Crippen LogP contribution >= 0.6 is 15.9 Å². The summed E-state index contributed by atoms with van der Waals surface area (Å²) in [6.07, 6.45) is 0.874. The third-order valence-electron chi connectivity index (χ3n) is 3.20. The van der Waals surface area contributed by atoms with E-state index in [1.165, 1.54) is 5.56 Å². The molecule has 0 radical (unpaired) electrons. The van der Waals surface area contributed by atoms with E-state index in [0.29, 0.717) is 6.61 Å². The molecule has 0 atom stereocenters. The van der Waals surface area contributed by atoms with Crippen molar-refractivity contribution in [2.45, 2.75) is 13.3 Å². The zero-order valence-corrected chi connectivity index (χ0v) is 12.8. The first-order valence-corrected chi connectivity index (χ1v) is 7.35. The highest BCUT2D eigenvalue weighted by molar-refractivity contribution is 9.10. The van der Waals surface area contributed by atoms with Crippen LogP contribution in [0.25, 0.3) is 11.0 Å². The smallest absolute Gasteiger partial charge is 0.143 e. The first-order valence-electron chi connectivity index (χ1n) is 6.56. The van der Waals surface area contributed by atoms with E-state index in [9.17, 15) is 0 Å². The largest absolute Gasteiger partial charge is 0.412 e. The van der Waals surface area contributed by atoms with Crippen LogP contribution in [0.2, 0.25) is 0 Å². The van der Waals surface area contributed by atoms with Gasteiger partial charge < -0.3 is 4.84 Å². The lowest BCUT2D eigenvalue weighted by molar-refractivity contribution is 0.117. The molecule has 3 aromatic rings. The van der Waals surface area contributed by atoms with Gasteiger partial charge in [0.15, 0.2) is 0 Å². The van der Waals surface area contributed by atoms with Crippen LogP contribution in [-0.2, 0) is 6.42 Å². The fourth-order valence-corrected chi connectivity index (χ4v) is 2.46. The topological polar surface area (TPSA) is 27.1 Å². The van der Waals surface area contributed by atoms with Crippen molar-refractivity contribution in [3.05, 3.63) is 64.4 Å². The predicted molar refractivity (Wildman–Crippen MR) is 83.8 cm³/mol. The number of aryl methyl sites for hydroxylation is 1. The minimum atomic E-state index is 0.628. The maximum absolute atomic E-state index is 5.87. The molecule has 4 heteroatoms. The number of para-hydroxylation sites is 2. The molecule has 0 saturated heterocycles. The fourth-order valence-electron chi connectivity index (χ4n) is 2.19. The molecule has 0 aliphatic heterocycles. The second-order valence-electron chi connectivity index (χ2n) is 4.65. The zero-order chi connectivity index (χ0) is 13.9. The van der Waals surface area contributed by atoms with Gasteiger partial charge in [-0.1, -0.05) is 40.2 Å². The normalized spacial score (nSPS) is 10.9. The lowest BCUT2D eigenvalue weighted by atomic mass is 10.2. The number of benzene rings is 2. The van der Waals surface area contributed by atoms with Gasteiger partial charge >= 0.3 is 0 Å². The average molecular weight is 331 g/mol. The summed E-state index contributed by atoms with van der Waals surface area (Å²) < 4.78 is 2.91. The third kappa shape index (κ3) is 2.70. The molecule has 0 unspecified atom stereocenters. The maximum atomic E-state index is 5.87. The van der Waals surface area contributed by atoms with E-state index in [-0.39, 0.29) is 0 Å². The van der Waals surface area contributed by atoms with E-state index in [1.807, 2.05) is 48.1 Å². The Morgan fingerprint density at radius 3 is 2.65 bits per heavy atom. The van der Waals surface area contributed by atoms with Gasteiger partial charge in [0.05, 0.1) is 5.52 Å². The molecule has 3 nitrogen and oxygen atoms in total. The number of aromatic nitrogens is 2. The molecule has 3 rings (SSSR count). The highest BCUT2D eigenvalue weighted by Crippen LogP contribution is 2.14. The number of hydrogen-bond acceptors (Lipinski definition) is 2. The minimum Gasteiger partial charge on any atom is -0.412 e. The lowest BCUT2D eigenvalue weighted by Crippen LogP contribution is -2.15. The van der Waals surface area contributed by atoms with Crippen molar-refractivity contribution in [3.63, 3.8) is 0 Å². The molecule has 0 bridgehead atoms. The van der Waals surface area contributed by atoms with Gasteiger partial charge in [0, 0.05) is 10.9 Å². The van der Waals surface area contributed by atoms with Crippen LogP contribution in [0.5, 0.6) is 0 Å². The summed E-state index contributed by atoms with van der Waals surface area (Å²) in [4.78, 5) is 10.3. The summed E-state index contributed by atoms with van der Waals surface area (Å²) in [6, 6.07) is 16.3. The summed E-state index contributed by atoms with van der Waals surface area (Å²) in [7, 11) is 0. The average Bonchev–Trinajstić information content (AvgIpc) is 2.77. The zero-order valence-electron chi connectivity index (χ0n) is 11.2. The van der Waals surface area contributed by atoms with Gasteiger partial charge in [-0.15, -0.1) is 0 Å². The molecule has 2 aromatic carbocycles. The number of nitrogens with zero attached hydrogens (tertiary/aromatic N) is 2. The van der Waals surface area contributed by atoms with Crippen LogP contribution in [0.4, 0.5) is 0 Å². The Balaban J connectivity index is 1.71. The summed E-state index contributed by atoms with van der Waals surface area (Å²) >= 11 is 3.44. The summed E-state index contributed by atoms with van der Waals surface area (Å²) in [5, 5.41) is 0. The van der Waals surface area contributed by atoms with Crippen molar-refractivity contribution in [3.8, 4) is 0 Å². The number of rotatable bonds is 4. The predicted octanol–water partition coefficient (Wildman–Crippen LogP) is 3.78. The third-order valence-corrected chi connectivity index (χ3v) is 3.73. The van der Waals surface area contributed by atoms with E-state index in [0.717, 1.165) is 27.8 Å². The van der Waals surface area contributed by atoms with Crippen LogP contribution in [-0.4, -0.2) is 16.3 Å². The van der Waals surface area contributed by atoms with Gasteiger partial charge in [-0.3, -0.25) is 0 Å². The van der Waals surface area contributed by atoms with Gasteiger partial charge in [0.25, 0.3) is 0 Å². The summed E-state index contributed by atoms with van der Waals surface area (Å²) in [5.74, 6) is 0.877. The Bertz CT molecular complexity index is 719. The van der Waals surface area contributed by atoms with Crippen molar-refractivity contribution in [2.75, 3.05) is 6.61 Å². The second-order valence-corrected chi connectivity index (χ2v) is 5.57. The lowest BCUT2D eigenvalue weighted by Gasteiger charge is -2.09. The van der Waals surface area contributed by atoms with Crippen molar-refractivity contribution in [1.82, 2.24) is 9.71 Å². The number of imidazole rings is 1. The molecule has 0 amide bonds. The summed E-state index contributed by atoms with van der Waals surface area (Å²) in [5.41, 5.74) is 3.24. The minimum absolute atomic E-state index is 0.628. The van der Waals surface area contributed by atoms with E-state index >= 15 is 0 Å². The Morgan fingerprint density at radius 1 is 1.10 bits per heavy atom. The highest BCUT2D eigenvalue weighted by Gasteiger charge is 2.07. The first kappa shape index (κ1) is 13.2. The molecule has 102 valence electrons. The van der Waals surface area contributed by atoms with Crippen molar-refractivity contribution >= 4 is 27.0 Å². The van der Waals surface area contributed by atoms with Crippen LogP contribution in [0, 0.1) is 6.92 Å². The molecule has 0 aliphatic carbocycles. The second kappa shape index (κ2) is 5.67. The quantitative estimate of drug-likeness (QED) is 0.727. The van der Waals surface area contributed by atoms with Gasteiger partial charge in [-0.05, 0) is 36.8 Å². The molecule has 0 aliphatic rings. The molecule has 0 N–H and O–H groups in total. The van der Waals surface area contributed by atoms with E-state index in [2.05, 4.69) is 33.0 Å². The van der Waals surface area contributed by atoms with Gasteiger partial charge in [-0.2, -0.15) is 4.73 Å². The van der Waals surface area contributed by atoms with E-state index < -0.39 is 0 Å².